The molecule has 2 aliphatic rings. The van der Waals surface area contributed by atoms with E-state index in [1.807, 2.05) is 60.7 Å². The van der Waals surface area contributed by atoms with Crippen molar-refractivity contribution in [1.82, 2.24) is 10.2 Å². The van der Waals surface area contributed by atoms with Gasteiger partial charge in [0.25, 0.3) is 5.91 Å². The van der Waals surface area contributed by atoms with Crippen LogP contribution in [-0.4, -0.2) is 43.7 Å². The van der Waals surface area contributed by atoms with Crippen molar-refractivity contribution in [3.8, 4) is 17.2 Å². The zero-order chi connectivity index (χ0) is 23.5. The highest BCUT2D eigenvalue weighted by molar-refractivity contribution is 5.95. The van der Waals surface area contributed by atoms with Gasteiger partial charge >= 0.3 is 0 Å². The number of nitrogens with one attached hydrogen (secondary N) is 1. The molecule has 0 spiro atoms. The number of hydrogen-bond acceptors (Lipinski definition) is 5. The van der Waals surface area contributed by atoms with Crippen LogP contribution in [-0.2, 0) is 11.3 Å². The minimum atomic E-state index is -0.405. The zero-order valence-electron chi connectivity index (χ0n) is 18.9. The second-order valence-corrected chi connectivity index (χ2v) is 8.44. The van der Waals surface area contributed by atoms with E-state index in [0.29, 0.717) is 36.7 Å². The van der Waals surface area contributed by atoms with Crippen LogP contribution in [0.2, 0.25) is 0 Å². The molecule has 174 valence electrons. The molecule has 7 nitrogen and oxygen atoms in total. The number of ether oxygens (including phenoxy) is 3. The Balaban J connectivity index is 1.36. The molecule has 0 unspecified atom stereocenters. The molecule has 0 saturated carbocycles. The summed E-state index contributed by atoms with van der Waals surface area (Å²) in [5.74, 6) is 1.34. The number of carbonyl (C=O) groups excluding carboxylic acids is 2. The fourth-order valence-corrected chi connectivity index (χ4v) is 4.66. The highest BCUT2D eigenvalue weighted by Gasteiger charge is 2.41. The molecule has 1 N–H and O–H groups in total. The smallest absolute Gasteiger partial charge is 0.253 e. The summed E-state index contributed by atoms with van der Waals surface area (Å²) in [6, 6.07) is 22.5. The molecule has 0 radical (unpaired) electrons. The van der Waals surface area contributed by atoms with Gasteiger partial charge in [0.15, 0.2) is 11.5 Å². The number of methoxy groups -OCH3 is 1. The summed E-state index contributed by atoms with van der Waals surface area (Å²) in [4.78, 5) is 28.3. The average Bonchev–Trinajstić information content (AvgIpc) is 3.54. The zero-order valence-corrected chi connectivity index (χ0v) is 18.9. The van der Waals surface area contributed by atoms with Crippen LogP contribution in [0.3, 0.4) is 0 Å². The van der Waals surface area contributed by atoms with E-state index in [1.165, 1.54) is 0 Å². The Kier molecular flexibility index (Phi) is 6.08. The third-order valence-corrected chi connectivity index (χ3v) is 6.41. The Labute approximate surface area is 198 Å². The van der Waals surface area contributed by atoms with Crippen molar-refractivity contribution in [3.05, 3.63) is 89.5 Å². The first kappa shape index (κ1) is 21.8. The van der Waals surface area contributed by atoms with Crippen molar-refractivity contribution in [2.45, 2.75) is 12.5 Å². The van der Waals surface area contributed by atoms with E-state index in [2.05, 4.69) is 5.32 Å². The van der Waals surface area contributed by atoms with E-state index in [0.717, 1.165) is 16.9 Å². The maximum Gasteiger partial charge on any atom is 0.253 e. The van der Waals surface area contributed by atoms with Gasteiger partial charge in [-0.2, -0.15) is 0 Å². The van der Waals surface area contributed by atoms with Gasteiger partial charge in [-0.25, -0.2) is 0 Å². The number of fused-ring (bicyclic) bond motifs is 1. The first-order valence-electron chi connectivity index (χ1n) is 11.3. The van der Waals surface area contributed by atoms with Gasteiger partial charge in [0.1, 0.15) is 5.75 Å². The highest BCUT2D eigenvalue weighted by atomic mass is 16.7. The topological polar surface area (TPSA) is 77.1 Å². The molecule has 34 heavy (non-hydrogen) atoms. The summed E-state index contributed by atoms with van der Waals surface area (Å²) >= 11 is 0. The van der Waals surface area contributed by atoms with Crippen molar-refractivity contribution in [2.75, 3.05) is 27.0 Å². The van der Waals surface area contributed by atoms with Crippen molar-refractivity contribution < 1.29 is 23.8 Å². The quantitative estimate of drug-likeness (QED) is 0.611. The Morgan fingerprint density at radius 1 is 0.971 bits per heavy atom. The highest BCUT2D eigenvalue weighted by Crippen LogP contribution is 2.38. The fourth-order valence-electron chi connectivity index (χ4n) is 4.66. The predicted octanol–water partition coefficient (Wildman–Crippen LogP) is 3.60. The van der Waals surface area contributed by atoms with Crippen LogP contribution < -0.4 is 19.5 Å². The third-order valence-electron chi connectivity index (χ3n) is 6.41. The molecule has 7 heteroatoms. The lowest BCUT2D eigenvalue weighted by atomic mass is 9.87. The van der Waals surface area contributed by atoms with Crippen LogP contribution in [0.1, 0.15) is 27.4 Å². The summed E-state index contributed by atoms with van der Waals surface area (Å²) in [6.45, 7) is 1.34. The molecular weight excluding hydrogens is 432 g/mol. The van der Waals surface area contributed by atoms with Gasteiger partial charge in [-0.15, -0.1) is 0 Å². The second kappa shape index (κ2) is 9.47. The summed E-state index contributed by atoms with van der Waals surface area (Å²) in [5, 5.41) is 3.05. The number of amides is 2. The number of carbonyl (C=O) groups is 2. The van der Waals surface area contributed by atoms with Gasteiger partial charge in [-0.05, 0) is 41.5 Å². The molecule has 0 aliphatic carbocycles. The predicted molar refractivity (Wildman–Crippen MR) is 126 cm³/mol. The second-order valence-electron chi connectivity index (χ2n) is 8.44. The van der Waals surface area contributed by atoms with Crippen LogP contribution in [0.5, 0.6) is 17.2 Å². The van der Waals surface area contributed by atoms with Crippen LogP contribution in [0.15, 0.2) is 72.8 Å². The van der Waals surface area contributed by atoms with Crippen molar-refractivity contribution in [3.63, 3.8) is 0 Å². The van der Waals surface area contributed by atoms with E-state index in [4.69, 9.17) is 14.2 Å². The van der Waals surface area contributed by atoms with E-state index < -0.39 is 5.92 Å². The Morgan fingerprint density at radius 2 is 1.74 bits per heavy atom. The third kappa shape index (κ3) is 4.29. The minimum Gasteiger partial charge on any atom is -0.496 e. The summed E-state index contributed by atoms with van der Waals surface area (Å²) in [6.07, 6.45) is 0. The van der Waals surface area contributed by atoms with Crippen LogP contribution in [0, 0.1) is 5.92 Å². The van der Waals surface area contributed by atoms with Crippen molar-refractivity contribution in [2.24, 2.45) is 5.92 Å². The molecule has 0 bridgehead atoms. The van der Waals surface area contributed by atoms with Crippen molar-refractivity contribution >= 4 is 11.8 Å². The Bertz CT molecular complexity index is 1200. The van der Waals surface area contributed by atoms with E-state index in [1.54, 1.807) is 24.1 Å². The van der Waals surface area contributed by atoms with Gasteiger partial charge in [0, 0.05) is 31.1 Å². The largest absolute Gasteiger partial charge is 0.496 e. The number of rotatable bonds is 6. The van der Waals surface area contributed by atoms with Gasteiger partial charge in [-0.1, -0.05) is 42.5 Å². The summed E-state index contributed by atoms with van der Waals surface area (Å²) < 4.78 is 16.4. The lowest BCUT2D eigenvalue weighted by Crippen LogP contribution is -2.35. The van der Waals surface area contributed by atoms with E-state index >= 15 is 0 Å². The minimum absolute atomic E-state index is 0.0773. The number of benzene rings is 3. The number of para-hydroxylation sites is 1. The first-order chi connectivity index (χ1) is 16.6. The average molecular weight is 459 g/mol. The molecule has 3 aromatic carbocycles. The molecule has 5 rings (SSSR count). The molecule has 2 atom stereocenters. The summed E-state index contributed by atoms with van der Waals surface area (Å²) in [7, 11) is 1.62. The molecule has 3 aromatic rings. The molecule has 1 fully saturated rings. The van der Waals surface area contributed by atoms with Crippen LogP contribution >= 0.6 is 0 Å². The summed E-state index contributed by atoms with van der Waals surface area (Å²) in [5.41, 5.74) is 2.46. The molecule has 2 heterocycles. The molecule has 2 aliphatic heterocycles. The Morgan fingerprint density at radius 3 is 2.56 bits per heavy atom. The van der Waals surface area contributed by atoms with Gasteiger partial charge in [-0.3, -0.25) is 9.59 Å². The van der Waals surface area contributed by atoms with Gasteiger partial charge < -0.3 is 24.4 Å². The monoisotopic (exact) mass is 458 g/mol. The Hall–Kier alpha value is -4.00. The van der Waals surface area contributed by atoms with Gasteiger partial charge in [0.2, 0.25) is 12.7 Å². The normalized spacial score (nSPS) is 18.6. The van der Waals surface area contributed by atoms with Crippen LogP contribution in [0.25, 0.3) is 0 Å². The maximum atomic E-state index is 13.4. The van der Waals surface area contributed by atoms with E-state index in [9.17, 15) is 9.59 Å². The molecule has 0 aromatic heterocycles. The number of likely N-dealkylation sites (tertiary alicyclic amines) is 1. The van der Waals surface area contributed by atoms with E-state index in [-0.39, 0.29) is 24.5 Å². The maximum absolute atomic E-state index is 13.4. The molecule has 2 amide bonds. The number of nitrogens with zero attached hydrogens (tertiary/aromatic N) is 1. The molecular formula is C27H26N2O5. The van der Waals surface area contributed by atoms with Crippen molar-refractivity contribution in [1.29, 1.82) is 0 Å². The first-order valence-corrected chi connectivity index (χ1v) is 11.3. The van der Waals surface area contributed by atoms with Gasteiger partial charge in [0.05, 0.1) is 13.0 Å². The lowest BCUT2D eigenvalue weighted by molar-refractivity contribution is -0.125. The standard InChI is InChI=1S/C27H26N2O5/c1-32-23-10-6-5-9-20(23)21-15-29(27(31)19-7-3-2-4-8-19)16-22(21)26(30)28-14-18-11-12-24-25(13-18)34-17-33-24/h2-13,21-22H,14-17H2,1H3,(H,28,30)/t21-,22+/m1/s1. The lowest BCUT2D eigenvalue weighted by Gasteiger charge is -2.20. The molecule has 1 saturated heterocycles. The van der Waals surface area contributed by atoms with Crippen LogP contribution in [0.4, 0.5) is 0 Å². The fraction of sp³-hybridized carbons (Fsp3) is 0.259. The number of hydrogen-bond donors (Lipinski definition) is 1. The SMILES string of the molecule is COc1ccccc1[C@H]1CN(C(=O)c2ccccc2)C[C@@H]1C(=O)NCc1ccc2c(c1)OCO2.